The predicted octanol–water partition coefficient (Wildman–Crippen LogP) is 3.74. The smallest absolute Gasteiger partial charge is 0.310 e. The van der Waals surface area contributed by atoms with Crippen LogP contribution in [0.3, 0.4) is 0 Å². The van der Waals surface area contributed by atoms with Gasteiger partial charge < -0.3 is 4.74 Å². The summed E-state index contributed by atoms with van der Waals surface area (Å²) in [7, 11) is 0. The second-order valence-corrected chi connectivity index (χ2v) is 5.70. The van der Waals surface area contributed by atoms with Gasteiger partial charge in [-0.3, -0.25) is 4.79 Å². The Morgan fingerprint density at radius 2 is 2.12 bits per heavy atom. The third-order valence-corrected chi connectivity index (χ3v) is 3.44. The molecule has 1 aliphatic rings. The topological polar surface area (TPSA) is 26.3 Å². The molecule has 0 saturated heterocycles. The van der Waals surface area contributed by atoms with Gasteiger partial charge in [0, 0.05) is 5.03 Å². The molecule has 16 heavy (non-hydrogen) atoms. The second kappa shape index (κ2) is 5.22. The fourth-order valence-corrected chi connectivity index (χ4v) is 2.23. The zero-order chi connectivity index (χ0) is 12.3. The van der Waals surface area contributed by atoms with Crippen molar-refractivity contribution in [1.82, 2.24) is 0 Å². The van der Waals surface area contributed by atoms with Crippen LogP contribution >= 0.6 is 11.6 Å². The first kappa shape index (κ1) is 13.6. The summed E-state index contributed by atoms with van der Waals surface area (Å²) in [5.74, 6) is 0.148. The van der Waals surface area contributed by atoms with E-state index in [1.165, 1.54) is 0 Å². The van der Waals surface area contributed by atoms with Crippen LogP contribution in [0, 0.1) is 17.3 Å². The van der Waals surface area contributed by atoms with Crippen LogP contribution in [0.2, 0.25) is 0 Å². The number of unbranched alkanes of at least 4 members (excludes halogenated alkanes) is 1. The highest BCUT2D eigenvalue weighted by atomic mass is 35.5. The maximum atomic E-state index is 11.8. The summed E-state index contributed by atoms with van der Waals surface area (Å²) in [6.45, 7) is 8.63. The monoisotopic (exact) mass is 244 g/mol. The zero-order valence-electron chi connectivity index (χ0n) is 10.5. The molecule has 0 bridgehead atoms. The molecule has 0 spiro atoms. The van der Waals surface area contributed by atoms with Crippen molar-refractivity contribution in [3.63, 3.8) is 0 Å². The molecule has 0 aliphatic heterocycles. The van der Waals surface area contributed by atoms with E-state index in [0.717, 1.165) is 17.9 Å². The second-order valence-electron chi connectivity index (χ2n) is 5.10. The van der Waals surface area contributed by atoms with Crippen molar-refractivity contribution in [2.24, 2.45) is 17.3 Å². The Morgan fingerprint density at radius 3 is 2.62 bits per heavy atom. The Morgan fingerprint density at radius 1 is 1.50 bits per heavy atom. The number of hydrogen-bond donors (Lipinski definition) is 0. The van der Waals surface area contributed by atoms with Crippen molar-refractivity contribution < 1.29 is 9.53 Å². The average molecular weight is 245 g/mol. The lowest BCUT2D eigenvalue weighted by atomic mass is 10.1. The molecular weight excluding hydrogens is 224 g/mol. The minimum absolute atomic E-state index is 0.000548. The summed E-state index contributed by atoms with van der Waals surface area (Å²) in [6, 6.07) is 0. The molecule has 0 radical (unpaired) electrons. The van der Waals surface area contributed by atoms with Gasteiger partial charge >= 0.3 is 5.97 Å². The fraction of sp³-hybridized carbons (Fsp3) is 0.769. The van der Waals surface area contributed by atoms with E-state index in [1.54, 1.807) is 0 Å². The Hall–Kier alpha value is -0.500. The lowest BCUT2D eigenvalue weighted by Gasteiger charge is -2.04. The molecule has 0 heterocycles. The lowest BCUT2D eigenvalue weighted by Crippen LogP contribution is -2.11. The van der Waals surface area contributed by atoms with Gasteiger partial charge in [-0.2, -0.15) is 0 Å². The van der Waals surface area contributed by atoms with Crippen LogP contribution in [-0.4, -0.2) is 12.6 Å². The van der Waals surface area contributed by atoms with Crippen LogP contribution < -0.4 is 0 Å². The molecule has 1 aliphatic carbocycles. The number of hydrogen-bond acceptors (Lipinski definition) is 2. The van der Waals surface area contributed by atoms with Gasteiger partial charge in [0.15, 0.2) is 0 Å². The Bertz CT molecular complexity index is 290. The Labute approximate surface area is 103 Å². The molecule has 2 atom stereocenters. The minimum Gasteiger partial charge on any atom is -0.465 e. The molecule has 2 nitrogen and oxygen atoms in total. The molecule has 0 amide bonds. The van der Waals surface area contributed by atoms with E-state index in [4.69, 9.17) is 16.3 Å². The molecule has 1 saturated carbocycles. The number of carbonyl (C=O) groups is 1. The molecule has 3 heteroatoms. The van der Waals surface area contributed by atoms with Crippen LogP contribution in [0.4, 0.5) is 0 Å². The molecule has 1 rings (SSSR count). The van der Waals surface area contributed by atoms with E-state index in [0.29, 0.717) is 6.61 Å². The van der Waals surface area contributed by atoms with Crippen molar-refractivity contribution in [2.45, 2.75) is 40.5 Å². The highest BCUT2D eigenvalue weighted by Gasteiger charge is 2.61. The number of esters is 1. The molecule has 0 aromatic rings. The number of carbonyl (C=O) groups excluding carboxylic acids is 1. The van der Waals surface area contributed by atoms with Gasteiger partial charge in [0.2, 0.25) is 0 Å². The van der Waals surface area contributed by atoms with Crippen molar-refractivity contribution in [2.75, 3.05) is 6.61 Å². The molecule has 0 aromatic heterocycles. The van der Waals surface area contributed by atoms with Crippen molar-refractivity contribution >= 4 is 17.6 Å². The first-order valence-electron chi connectivity index (χ1n) is 5.91. The van der Waals surface area contributed by atoms with Gasteiger partial charge in [0.25, 0.3) is 0 Å². The maximum Gasteiger partial charge on any atom is 0.310 e. The van der Waals surface area contributed by atoms with E-state index in [9.17, 15) is 4.79 Å². The minimum atomic E-state index is -0.0717. The van der Waals surface area contributed by atoms with E-state index < -0.39 is 0 Å². The molecule has 0 aromatic carbocycles. The summed E-state index contributed by atoms with van der Waals surface area (Å²) in [5, 5.41) is 0.752. The van der Waals surface area contributed by atoms with Crippen LogP contribution in [0.15, 0.2) is 11.1 Å². The van der Waals surface area contributed by atoms with E-state index in [1.807, 2.05) is 13.0 Å². The van der Waals surface area contributed by atoms with Crippen LogP contribution in [-0.2, 0) is 9.53 Å². The average Bonchev–Trinajstić information content (AvgIpc) is 2.67. The standard InChI is InChI=1S/C13H21ClO2/c1-5-6-7-16-12(15)11-10(8-9(2)14)13(11,3)4/h8,10-11H,5-7H2,1-4H3/b9-8-/t10-,11+/m1/s1. The van der Waals surface area contributed by atoms with Gasteiger partial charge in [-0.1, -0.05) is 44.9 Å². The molecule has 0 unspecified atom stereocenters. The zero-order valence-corrected chi connectivity index (χ0v) is 11.3. The highest BCUT2D eigenvalue weighted by molar-refractivity contribution is 6.29. The van der Waals surface area contributed by atoms with Crippen molar-refractivity contribution in [1.29, 1.82) is 0 Å². The number of rotatable bonds is 5. The third-order valence-electron chi connectivity index (χ3n) is 3.32. The molecule has 1 fully saturated rings. The first-order valence-corrected chi connectivity index (χ1v) is 6.29. The van der Waals surface area contributed by atoms with E-state index >= 15 is 0 Å². The Kier molecular flexibility index (Phi) is 4.43. The molecule has 0 N–H and O–H groups in total. The third kappa shape index (κ3) is 3.00. The van der Waals surface area contributed by atoms with E-state index in [2.05, 4.69) is 20.8 Å². The van der Waals surface area contributed by atoms with Gasteiger partial charge in [-0.15, -0.1) is 0 Å². The predicted molar refractivity (Wildman–Crippen MR) is 66.2 cm³/mol. The fourth-order valence-electron chi connectivity index (χ4n) is 2.09. The van der Waals surface area contributed by atoms with Gasteiger partial charge in [0.05, 0.1) is 12.5 Å². The van der Waals surface area contributed by atoms with Crippen molar-refractivity contribution in [3.05, 3.63) is 11.1 Å². The van der Waals surface area contributed by atoms with Crippen LogP contribution in [0.5, 0.6) is 0 Å². The van der Waals surface area contributed by atoms with Crippen LogP contribution in [0.1, 0.15) is 40.5 Å². The number of ether oxygens (including phenoxy) is 1. The summed E-state index contributed by atoms with van der Waals surface area (Å²) in [5.41, 5.74) is -0.000548. The van der Waals surface area contributed by atoms with E-state index in [-0.39, 0.29) is 23.2 Å². The van der Waals surface area contributed by atoms with Gasteiger partial charge in [-0.05, 0) is 24.7 Å². The summed E-state index contributed by atoms with van der Waals surface area (Å²) >= 11 is 5.85. The van der Waals surface area contributed by atoms with Gasteiger partial charge in [0.1, 0.15) is 0 Å². The quantitative estimate of drug-likeness (QED) is 0.544. The maximum absolute atomic E-state index is 11.8. The largest absolute Gasteiger partial charge is 0.465 e. The Balaban J connectivity index is 2.49. The summed E-state index contributed by atoms with van der Waals surface area (Å²) in [6.07, 6.45) is 3.95. The SMILES string of the molecule is CCCCOC(=O)[C@@H]1[C@@H](/C=C(/C)Cl)C1(C)C. The number of allylic oxidation sites excluding steroid dienone is 2. The van der Waals surface area contributed by atoms with Crippen LogP contribution in [0.25, 0.3) is 0 Å². The van der Waals surface area contributed by atoms with Gasteiger partial charge in [-0.25, -0.2) is 0 Å². The summed E-state index contributed by atoms with van der Waals surface area (Å²) < 4.78 is 5.24. The summed E-state index contributed by atoms with van der Waals surface area (Å²) in [4.78, 5) is 11.8. The molecule has 92 valence electrons. The highest BCUT2D eigenvalue weighted by Crippen LogP contribution is 2.59. The van der Waals surface area contributed by atoms with Crippen molar-refractivity contribution in [3.8, 4) is 0 Å². The lowest BCUT2D eigenvalue weighted by molar-refractivity contribution is -0.146. The normalized spacial score (nSPS) is 27.7. The first-order chi connectivity index (χ1) is 7.41. The number of halogens is 1. The molecular formula is C13H21ClO2.